The normalized spacial score (nSPS) is 47.6. The van der Waals surface area contributed by atoms with E-state index in [-0.39, 0.29) is 82.0 Å². The van der Waals surface area contributed by atoms with Crippen molar-refractivity contribution in [2.24, 2.45) is 28.6 Å². The Morgan fingerprint density at radius 2 is 1.49 bits per heavy atom. The highest BCUT2D eigenvalue weighted by Crippen LogP contribution is 2.70. The summed E-state index contributed by atoms with van der Waals surface area (Å²) in [5.74, 6) is -1.93. The van der Waals surface area contributed by atoms with Crippen LogP contribution in [-0.2, 0) is 19.0 Å². The fraction of sp³-hybridized carbons (Fsp3) is 0.897. The first-order valence-electron chi connectivity index (χ1n) is 14.9. The summed E-state index contributed by atoms with van der Waals surface area (Å²) in [6.07, 6.45) is -6.68. The first-order chi connectivity index (χ1) is 19.2. The number of fused-ring (bicyclic) bond motifs is 5. The van der Waals surface area contributed by atoms with Gasteiger partial charge in [-0.05, 0) is 56.4 Å². The Bertz CT molecular complexity index is 1100. The fourth-order valence-corrected chi connectivity index (χ4v) is 10.1. The second-order valence-electron chi connectivity index (χ2n) is 13.8. The molecule has 2 aliphatic heterocycles. The van der Waals surface area contributed by atoms with Gasteiger partial charge in [0.15, 0.2) is 6.29 Å². The molecule has 0 radical (unpaired) electrons. The van der Waals surface area contributed by atoms with E-state index in [1.165, 1.54) is 13.0 Å². The molecule has 4 saturated carbocycles. The van der Waals surface area contributed by atoms with E-state index >= 15 is 0 Å². The molecule has 2 heterocycles. The van der Waals surface area contributed by atoms with Gasteiger partial charge in [0.05, 0.1) is 47.6 Å². The molecule has 10 unspecified atom stereocenters. The number of esters is 1. The second-order valence-corrected chi connectivity index (χ2v) is 13.8. The van der Waals surface area contributed by atoms with Crippen LogP contribution in [0.3, 0.4) is 0 Å². The lowest BCUT2D eigenvalue weighted by molar-refractivity contribution is -0.342. The zero-order chi connectivity index (χ0) is 29.7. The van der Waals surface area contributed by atoms with Crippen LogP contribution >= 0.6 is 0 Å². The van der Waals surface area contributed by atoms with Crippen molar-refractivity contribution in [3.8, 4) is 0 Å². The average molecular weight is 729 g/mol. The summed E-state index contributed by atoms with van der Waals surface area (Å²) in [6.45, 7) is 3.00. The molecule has 6 rings (SSSR count). The Kier molecular flexibility index (Phi) is 18.3. The van der Waals surface area contributed by atoms with Crippen molar-refractivity contribution in [2.75, 3.05) is 13.2 Å². The summed E-state index contributed by atoms with van der Waals surface area (Å²) in [5.41, 5.74) is -4.46. The van der Waals surface area contributed by atoms with Gasteiger partial charge in [0.2, 0.25) is 0 Å². The van der Waals surface area contributed by atoms with Gasteiger partial charge in [-0.3, -0.25) is 0 Å². The molecule has 15 atom stereocenters. The first kappa shape index (κ1) is 51.9. The van der Waals surface area contributed by atoms with Gasteiger partial charge in [-0.2, -0.15) is 0 Å². The number of carbonyl (C=O) groups excluding carboxylic acids is 1. The molecule has 1 saturated heterocycles. The molecule has 0 bridgehead atoms. The van der Waals surface area contributed by atoms with Crippen LogP contribution in [0.2, 0.25) is 0 Å². The summed E-state index contributed by atoms with van der Waals surface area (Å²) < 4.78 is 16.7. The van der Waals surface area contributed by atoms with Crippen LogP contribution in [0.4, 0.5) is 0 Å². The van der Waals surface area contributed by atoms with Gasteiger partial charge in [-0.25, -0.2) is 4.79 Å². The summed E-state index contributed by atoms with van der Waals surface area (Å²) in [7, 11) is 0. The molecule has 5 fully saturated rings. The molecule has 0 amide bonds. The first-order valence-corrected chi connectivity index (χ1v) is 14.9. The molecule has 4 aliphatic carbocycles. The molecular weight excluding hydrogens is 668 g/mol. The highest BCUT2D eigenvalue weighted by Gasteiger charge is 2.75. The van der Waals surface area contributed by atoms with Crippen LogP contribution in [0.15, 0.2) is 11.6 Å². The zero-order valence-electron chi connectivity index (χ0n) is 27.5. The van der Waals surface area contributed by atoms with Crippen molar-refractivity contribution >= 4 is 5.97 Å². The molecule has 0 aromatic carbocycles. The van der Waals surface area contributed by atoms with Crippen molar-refractivity contribution in [1.29, 1.82) is 0 Å². The average Bonchev–Trinajstić information content (AvgIpc) is 3.45. The number of carbonyl (C=O) groups is 1. The molecular formula is C29H60O20. The van der Waals surface area contributed by atoms with Gasteiger partial charge in [0.25, 0.3) is 0 Å². The third-order valence-corrected chi connectivity index (χ3v) is 12.2. The minimum atomic E-state index is -1.67. The zero-order valence-corrected chi connectivity index (χ0v) is 27.5. The number of rotatable bonds is 4. The monoisotopic (exact) mass is 728 g/mol. The summed E-state index contributed by atoms with van der Waals surface area (Å²) in [6, 6.07) is 0. The number of cyclic esters (lactones) is 1. The minimum absolute atomic E-state index is 0. The molecule has 6 aliphatic rings. The largest absolute Gasteiger partial charge is 0.458 e. The third kappa shape index (κ3) is 7.02. The standard InChI is InChI=1S/C29H44O12.8H2O/c1-13-22(34)23(35)24(36)25(40-13)41-15-8-19(32)28(12-30)21-17(3-5-27(28,37)9-15)29(38)6-4-16(14-7-20(33)39-11-14)26(29,2)10-18(21)31;;;;;;;;/h7,13,15-19,21-25,30-32,34-38H,3-6,8-12H2,1-2H3;8*1H2/t13?,15-,16+,17?,18+,19+,21+,22?,23?,24?,25?,26?,27?,28?,29?;;;;;;;;/m0......../s1. The van der Waals surface area contributed by atoms with Crippen molar-refractivity contribution in [1.82, 2.24) is 0 Å². The third-order valence-electron chi connectivity index (χ3n) is 12.2. The maximum absolute atomic E-state index is 12.4. The SMILES string of the molecule is CC1OC(O[C@H]2C[C@@H](O)C3(CO)[C@@H]4C(CCC3(O)C2)C2(O)CC[C@H](C3=CC(=O)OC3)C2(C)C[C@H]4O)C(O)C(O)C1O.O.O.O.O.O.O.O.O. The molecule has 296 valence electrons. The maximum Gasteiger partial charge on any atom is 0.331 e. The predicted octanol–water partition coefficient (Wildman–Crippen LogP) is -8.11. The van der Waals surface area contributed by atoms with Crippen LogP contribution < -0.4 is 0 Å². The van der Waals surface area contributed by atoms with E-state index in [9.17, 15) is 45.6 Å². The van der Waals surface area contributed by atoms with Gasteiger partial charge in [-0.1, -0.05) is 6.92 Å². The van der Waals surface area contributed by atoms with Crippen LogP contribution in [0, 0.1) is 28.6 Å². The van der Waals surface area contributed by atoms with Crippen LogP contribution in [-0.4, -0.2) is 164 Å². The molecule has 49 heavy (non-hydrogen) atoms. The van der Waals surface area contributed by atoms with Crippen LogP contribution in [0.25, 0.3) is 0 Å². The Hall–Kier alpha value is -1.51. The van der Waals surface area contributed by atoms with Crippen molar-refractivity contribution in [2.45, 2.75) is 119 Å². The lowest BCUT2D eigenvalue weighted by Gasteiger charge is -2.68. The highest BCUT2D eigenvalue weighted by molar-refractivity contribution is 5.85. The molecule has 0 aromatic heterocycles. The molecule has 0 aromatic rings. The number of hydrogen-bond donors (Lipinski definition) is 8. The quantitative estimate of drug-likeness (QED) is 0.0988. The molecule has 20 nitrogen and oxygen atoms in total. The van der Waals surface area contributed by atoms with Crippen molar-refractivity contribution in [3.05, 3.63) is 11.6 Å². The molecule has 20 heteroatoms. The Morgan fingerprint density at radius 3 is 2.04 bits per heavy atom. The van der Waals surface area contributed by atoms with E-state index in [0.717, 1.165) is 5.57 Å². The van der Waals surface area contributed by atoms with E-state index in [2.05, 4.69) is 0 Å². The number of ether oxygens (including phenoxy) is 3. The maximum atomic E-state index is 12.4. The summed E-state index contributed by atoms with van der Waals surface area (Å²) >= 11 is 0. The number of aliphatic hydroxyl groups excluding tert-OH is 6. The minimum Gasteiger partial charge on any atom is -0.458 e. The number of aliphatic hydroxyl groups is 8. The second kappa shape index (κ2) is 17.3. The Morgan fingerprint density at radius 1 is 0.878 bits per heavy atom. The van der Waals surface area contributed by atoms with Gasteiger partial charge in [-0.15, -0.1) is 0 Å². The van der Waals surface area contributed by atoms with Gasteiger partial charge in [0, 0.05) is 30.3 Å². The smallest absolute Gasteiger partial charge is 0.331 e. The van der Waals surface area contributed by atoms with Crippen LogP contribution in [0.5, 0.6) is 0 Å². The van der Waals surface area contributed by atoms with E-state index < -0.39 is 95.5 Å². The number of hydrogen-bond acceptors (Lipinski definition) is 12. The van der Waals surface area contributed by atoms with Crippen molar-refractivity contribution in [3.63, 3.8) is 0 Å². The lowest BCUT2D eigenvalue weighted by atomic mass is 9.40. The van der Waals surface area contributed by atoms with E-state index in [1.807, 2.05) is 6.92 Å². The highest BCUT2D eigenvalue weighted by atomic mass is 16.7. The van der Waals surface area contributed by atoms with Gasteiger partial charge >= 0.3 is 5.97 Å². The van der Waals surface area contributed by atoms with Gasteiger partial charge in [0.1, 0.15) is 24.9 Å². The van der Waals surface area contributed by atoms with E-state index in [4.69, 9.17) is 14.2 Å². The predicted molar refractivity (Wildman–Crippen MR) is 168 cm³/mol. The van der Waals surface area contributed by atoms with Gasteiger partial charge < -0.3 is 98.9 Å². The fourth-order valence-electron chi connectivity index (χ4n) is 10.1. The summed E-state index contributed by atoms with van der Waals surface area (Å²) in [4.78, 5) is 11.8. The summed E-state index contributed by atoms with van der Waals surface area (Å²) in [5, 5.41) is 89.6. The van der Waals surface area contributed by atoms with E-state index in [1.54, 1.807) is 0 Å². The van der Waals surface area contributed by atoms with Crippen LogP contribution in [0.1, 0.15) is 58.8 Å². The molecule has 0 spiro atoms. The molecule has 24 N–H and O–H groups in total. The Balaban J connectivity index is -0.00000264. The lowest BCUT2D eigenvalue weighted by Crippen LogP contribution is -2.76. The van der Waals surface area contributed by atoms with Crippen molar-refractivity contribution < 1.29 is 104 Å². The van der Waals surface area contributed by atoms with E-state index in [0.29, 0.717) is 19.3 Å². The topological polar surface area (TPSA) is 459 Å². The Labute approximate surface area is 282 Å².